The molecule has 1 heterocycles. The lowest BCUT2D eigenvalue weighted by Crippen LogP contribution is -2.39. The van der Waals surface area contributed by atoms with Crippen molar-refractivity contribution < 1.29 is 23.5 Å². The Morgan fingerprint density at radius 3 is 2.27 bits per heavy atom. The molecule has 0 saturated heterocycles. The Balaban J connectivity index is 1.65. The van der Waals surface area contributed by atoms with Gasteiger partial charge in [-0.15, -0.1) is 0 Å². The number of carbonyl (C=O) groups excluding carboxylic acids is 3. The number of ether oxygens (including phenoxy) is 1. The van der Waals surface area contributed by atoms with Gasteiger partial charge in [0.1, 0.15) is 17.6 Å². The number of carbonyl (C=O) groups is 3. The van der Waals surface area contributed by atoms with E-state index >= 15 is 0 Å². The molecular weight excluding hydrogens is 427 g/mol. The lowest BCUT2D eigenvalue weighted by Gasteiger charge is -2.20. The topological polar surface area (TPSA) is 114 Å². The maximum absolute atomic E-state index is 13.2. The van der Waals surface area contributed by atoms with Crippen LogP contribution < -0.4 is 16.1 Å². The van der Waals surface area contributed by atoms with Gasteiger partial charge >= 0.3 is 5.97 Å². The summed E-state index contributed by atoms with van der Waals surface area (Å²) in [5, 5.41) is 8.10. The van der Waals surface area contributed by atoms with Crippen LogP contribution in [0.2, 0.25) is 0 Å². The van der Waals surface area contributed by atoms with Gasteiger partial charge < -0.3 is 15.8 Å². The maximum Gasteiger partial charge on any atom is 0.355 e. The third-order valence-corrected chi connectivity index (χ3v) is 5.24. The number of benzene rings is 2. The van der Waals surface area contributed by atoms with Gasteiger partial charge in [0.2, 0.25) is 5.91 Å². The first kappa shape index (κ1) is 23.9. The molecule has 1 aliphatic heterocycles. The summed E-state index contributed by atoms with van der Waals surface area (Å²) in [6.07, 6.45) is -1.19. The second kappa shape index (κ2) is 9.40. The zero-order valence-electron chi connectivity index (χ0n) is 19.0. The average Bonchev–Trinajstić information content (AvgIpc) is 3.20. The fraction of sp³-hybridized carbons (Fsp3) is 0.333. The molecular formula is C24H27FN4O4. The molecule has 2 atom stereocenters. The summed E-state index contributed by atoms with van der Waals surface area (Å²) >= 11 is 0. The molecule has 0 saturated carbocycles. The van der Waals surface area contributed by atoms with E-state index in [1.807, 2.05) is 12.1 Å². The highest BCUT2D eigenvalue weighted by molar-refractivity contribution is 6.38. The van der Waals surface area contributed by atoms with Crippen molar-refractivity contribution in [2.24, 2.45) is 10.8 Å². The van der Waals surface area contributed by atoms with E-state index in [2.05, 4.69) is 31.2 Å². The van der Waals surface area contributed by atoms with Gasteiger partial charge in [0.15, 0.2) is 6.10 Å². The Kier molecular flexibility index (Phi) is 6.81. The van der Waals surface area contributed by atoms with Crippen molar-refractivity contribution in [2.45, 2.75) is 51.7 Å². The van der Waals surface area contributed by atoms with Crippen LogP contribution in [-0.2, 0) is 24.5 Å². The van der Waals surface area contributed by atoms with E-state index in [4.69, 9.17) is 10.5 Å². The van der Waals surface area contributed by atoms with Crippen molar-refractivity contribution in [3.8, 4) is 0 Å². The lowest BCUT2D eigenvalue weighted by molar-refractivity contribution is -0.146. The van der Waals surface area contributed by atoms with E-state index in [9.17, 15) is 18.8 Å². The number of rotatable bonds is 6. The number of anilines is 2. The summed E-state index contributed by atoms with van der Waals surface area (Å²) < 4.78 is 18.5. The molecule has 2 aromatic carbocycles. The molecule has 2 amide bonds. The van der Waals surface area contributed by atoms with Gasteiger partial charge in [-0.1, -0.05) is 32.9 Å². The van der Waals surface area contributed by atoms with Crippen LogP contribution in [0.3, 0.4) is 0 Å². The number of hydrogen-bond donors (Lipinski definition) is 2. The monoisotopic (exact) mass is 454 g/mol. The van der Waals surface area contributed by atoms with Crippen LogP contribution in [0.15, 0.2) is 53.6 Å². The van der Waals surface area contributed by atoms with E-state index in [1.165, 1.54) is 36.2 Å². The summed E-state index contributed by atoms with van der Waals surface area (Å²) in [5.74, 6) is -2.50. The van der Waals surface area contributed by atoms with E-state index in [-0.39, 0.29) is 17.5 Å². The van der Waals surface area contributed by atoms with Gasteiger partial charge in [-0.05, 0) is 54.3 Å². The van der Waals surface area contributed by atoms with Crippen molar-refractivity contribution in [3.63, 3.8) is 0 Å². The Hall–Kier alpha value is -3.75. The summed E-state index contributed by atoms with van der Waals surface area (Å²) in [6, 6.07) is 11.7. The first-order valence-corrected chi connectivity index (χ1v) is 10.5. The second-order valence-electron chi connectivity index (χ2n) is 8.85. The first-order chi connectivity index (χ1) is 15.5. The van der Waals surface area contributed by atoms with Crippen LogP contribution >= 0.6 is 0 Å². The SMILES string of the molecule is C[C@@H](OC(=O)C1=NN(c2ccc(F)cc2)[C@H](C(N)=O)C1)C(=O)Nc1ccc(C(C)(C)C)cc1. The van der Waals surface area contributed by atoms with Crippen LogP contribution in [0.4, 0.5) is 15.8 Å². The lowest BCUT2D eigenvalue weighted by atomic mass is 9.87. The van der Waals surface area contributed by atoms with Gasteiger partial charge in [0.25, 0.3) is 5.91 Å². The van der Waals surface area contributed by atoms with Crippen molar-refractivity contribution in [1.82, 2.24) is 0 Å². The number of hydrazone groups is 1. The average molecular weight is 455 g/mol. The zero-order chi connectivity index (χ0) is 24.3. The van der Waals surface area contributed by atoms with Crippen LogP contribution in [0, 0.1) is 5.82 Å². The molecule has 0 bridgehead atoms. The fourth-order valence-corrected chi connectivity index (χ4v) is 3.27. The quantitative estimate of drug-likeness (QED) is 0.651. The molecule has 0 radical (unpaired) electrons. The molecule has 3 rings (SSSR count). The molecule has 174 valence electrons. The minimum Gasteiger partial charge on any atom is -0.448 e. The molecule has 2 aromatic rings. The highest BCUT2D eigenvalue weighted by Gasteiger charge is 2.36. The minimum absolute atomic E-state index is 0.0159. The number of nitrogens with one attached hydrogen (secondary N) is 1. The number of amides is 2. The summed E-state index contributed by atoms with van der Waals surface area (Å²) in [4.78, 5) is 36.9. The molecule has 0 spiro atoms. The van der Waals surface area contributed by atoms with E-state index in [0.717, 1.165) is 5.56 Å². The number of halogens is 1. The summed E-state index contributed by atoms with van der Waals surface area (Å²) in [6.45, 7) is 7.71. The molecule has 0 unspecified atom stereocenters. The first-order valence-electron chi connectivity index (χ1n) is 10.5. The van der Waals surface area contributed by atoms with Crippen molar-refractivity contribution in [3.05, 3.63) is 59.9 Å². The molecule has 1 aliphatic rings. The Morgan fingerprint density at radius 2 is 1.73 bits per heavy atom. The molecule has 0 fully saturated rings. The normalized spacial score (nSPS) is 16.7. The molecule has 8 nitrogen and oxygen atoms in total. The highest BCUT2D eigenvalue weighted by atomic mass is 19.1. The van der Waals surface area contributed by atoms with Gasteiger partial charge in [-0.25, -0.2) is 9.18 Å². The Morgan fingerprint density at radius 1 is 1.12 bits per heavy atom. The largest absolute Gasteiger partial charge is 0.448 e. The molecule has 9 heteroatoms. The second-order valence-corrected chi connectivity index (χ2v) is 8.85. The number of esters is 1. The molecule has 33 heavy (non-hydrogen) atoms. The fourth-order valence-electron chi connectivity index (χ4n) is 3.27. The number of nitrogens with two attached hydrogens (primary N) is 1. The standard InChI is InChI=1S/C24H27FN4O4/c1-14(22(31)27-17-9-5-15(6-10-17)24(2,3)4)33-23(32)19-13-20(21(26)30)29(28-19)18-11-7-16(25)8-12-18/h5-12,14,20H,13H2,1-4H3,(H2,26,30)(H,27,31)/t14-,20+/m1/s1. The van der Waals surface area contributed by atoms with Gasteiger partial charge in [0, 0.05) is 12.1 Å². The van der Waals surface area contributed by atoms with E-state index in [0.29, 0.717) is 11.4 Å². The predicted molar refractivity (Wildman–Crippen MR) is 123 cm³/mol. The molecule has 0 aliphatic carbocycles. The predicted octanol–water partition coefficient (Wildman–Crippen LogP) is 3.11. The third-order valence-electron chi connectivity index (χ3n) is 5.24. The van der Waals surface area contributed by atoms with Gasteiger partial charge in [0.05, 0.1) is 5.69 Å². The zero-order valence-corrected chi connectivity index (χ0v) is 19.0. The summed E-state index contributed by atoms with van der Waals surface area (Å²) in [7, 11) is 0. The third kappa shape index (κ3) is 5.74. The molecule has 3 N–H and O–H groups in total. The van der Waals surface area contributed by atoms with Gasteiger partial charge in [-0.3, -0.25) is 14.6 Å². The Bertz CT molecular complexity index is 1080. The number of hydrogen-bond acceptors (Lipinski definition) is 6. The van der Waals surface area contributed by atoms with Crippen LogP contribution in [0.25, 0.3) is 0 Å². The van der Waals surface area contributed by atoms with Crippen LogP contribution in [-0.4, -0.2) is 35.6 Å². The van der Waals surface area contributed by atoms with E-state index in [1.54, 1.807) is 12.1 Å². The minimum atomic E-state index is -1.10. The van der Waals surface area contributed by atoms with Crippen molar-refractivity contribution >= 4 is 34.9 Å². The Labute approximate surface area is 191 Å². The number of nitrogens with zero attached hydrogens (tertiary/aromatic N) is 2. The smallest absolute Gasteiger partial charge is 0.355 e. The maximum atomic E-state index is 13.2. The van der Waals surface area contributed by atoms with Crippen LogP contribution in [0.5, 0.6) is 0 Å². The van der Waals surface area contributed by atoms with Gasteiger partial charge in [-0.2, -0.15) is 5.10 Å². The van der Waals surface area contributed by atoms with Crippen molar-refractivity contribution in [1.29, 1.82) is 0 Å². The highest BCUT2D eigenvalue weighted by Crippen LogP contribution is 2.26. The van der Waals surface area contributed by atoms with E-state index < -0.39 is 35.7 Å². The van der Waals surface area contributed by atoms with Crippen LogP contribution in [0.1, 0.15) is 39.7 Å². The molecule has 0 aromatic heterocycles. The van der Waals surface area contributed by atoms with Crippen molar-refractivity contribution in [2.75, 3.05) is 10.3 Å². The summed E-state index contributed by atoms with van der Waals surface area (Å²) in [5.41, 5.74) is 7.46. The number of primary amides is 1.